The van der Waals surface area contributed by atoms with Gasteiger partial charge in [0.15, 0.2) is 0 Å². The zero-order valence-electron chi connectivity index (χ0n) is 19.9. The van der Waals surface area contributed by atoms with Crippen molar-refractivity contribution in [3.8, 4) is 5.75 Å². The van der Waals surface area contributed by atoms with E-state index in [-0.39, 0.29) is 12.0 Å². The number of carboxylic acids is 1. The summed E-state index contributed by atoms with van der Waals surface area (Å²) < 4.78 is 11.5. The number of amides is 1. The highest BCUT2D eigenvalue weighted by atomic mass is 16.6. The van der Waals surface area contributed by atoms with E-state index in [0.717, 1.165) is 42.4 Å². The van der Waals surface area contributed by atoms with Crippen molar-refractivity contribution in [3.63, 3.8) is 0 Å². The van der Waals surface area contributed by atoms with Gasteiger partial charge in [0.1, 0.15) is 17.9 Å². The third kappa shape index (κ3) is 4.73. The summed E-state index contributed by atoms with van der Waals surface area (Å²) in [6.07, 6.45) is 4.38. The van der Waals surface area contributed by atoms with E-state index in [1.54, 1.807) is 27.2 Å². The zero-order valence-corrected chi connectivity index (χ0v) is 19.9. The third-order valence-corrected chi connectivity index (χ3v) is 7.23. The van der Waals surface area contributed by atoms with E-state index in [2.05, 4.69) is 21.8 Å². The predicted molar refractivity (Wildman–Crippen MR) is 129 cm³/mol. The van der Waals surface area contributed by atoms with Gasteiger partial charge >= 0.3 is 12.1 Å². The second-order valence-electron chi connectivity index (χ2n) is 9.56. The minimum atomic E-state index is -1.09. The molecule has 1 aromatic heterocycles. The molecule has 8 nitrogen and oxygen atoms in total. The number of fused-ring (bicyclic) bond motifs is 4. The number of nitrogens with zero attached hydrogens (tertiary/aromatic N) is 2. The molecular weight excluding hydrogens is 434 g/mol. The van der Waals surface area contributed by atoms with E-state index < -0.39 is 24.2 Å². The molecular formula is C26H33N3O5. The van der Waals surface area contributed by atoms with Gasteiger partial charge in [-0.15, -0.1) is 6.58 Å². The Balaban J connectivity index is 1.71. The van der Waals surface area contributed by atoms with Crippen molar-refractivity contribution in [2.75, 3.05) is 20.2 Å². The fourth-order valence-corrected chi connectivity index (χ4v) is 5.35. The molecule has 3 fully saturated rings. The highest BCUT2D eigenvalue weighted by molar-refractivity contribution is 5.85. The maximum Gasteiger partial charge on any atom is 0.408 e. The normalized spacial score (nSPS) is 25.5. The van der Waals surface area contributed by atoms with Crippen molar-refractivity contribution in [2.24, 2.45) is 17.8 Å². The lowest BCUT2D eigenvalue weighted by Gasteiger charge is -2.51. The van der Waals surface area contributed by atoms with Gasteiger partial charge in [0.25, 0.3) is 0 Å². The Morgan fingerprint density at radius 2 is 2.12 bits per heavy atom. The number of carboxylic acid groups (broad SMARTS) is 1. The fraction of sp³-hybridized carbons (Fsp3) is 0.500. The zero-order chi connectivity index (χ0) is 24.4. The third-order valence-electron chi connectivity index (χ3n) is 7.23. The van der Waals surface area contributed by atoms with Crippen LogP contribution in [0.5, 0.6) is 5.75 Å². The van der Waals surface area contributed by atoms with Crippen LogP contribution in [0.15, 0.2) is 43.1 Å². The SMILES string of the molecule is C=C[C@@H]1CN2CC[C@H]1C[C@@H]2[C@@H](OC(=O)NC(C(=O)O)C(C)C)c1ccnc2ccc(OC)cc12. The molecule has 3 aliphatic heterocycles. The Hall–Kier alpha value is -3.13. The van der Waals surface area contributed by atoms with Gasteiger partial charge in [0.05, 0.1) is 18.7 Å². The van der Waals surface area contributed by atoms with Gasteiger partial charge in [-0.05, 0) is 61.4 Å². The van der Waals surface area contributed by atoms with Crippen LogP contribution in [-0.2, 0) is 9.53 Å². The molecule has 3 aliphatic rings. The van der Waals surface area contributed by atoms with Gasteiger partial charge in [-0.2, -0.15) is 0 Å². The van der Waals surface area contributed by atoms with E-state index in [1.165, 1.54) is 0 Å². The molecule has 5 rings (SSSR count). The van der Waals surface area contributed by atoms with Gasteiger partial charge in [-0.1, -0.05) is 19.9 Å². The second kappa shape index (κ2) is 10.0. The molecule has 2 N–H and O–H groups in total. The molecule has 1 amide bonds. The van der Waals surface area contributed by atoms with Gasteiger partial charge in [0.2, 0.25) is 0 Å². The van der Waals surface area contributed by atoms with Crippen LogP contribution in [0.2, 0.25) is 0 Å². The summed E-state index contributed by atoms with van der Waals surface area (Å²) >= 11 is 0. The molecule has 4 heterocycles. The average Bonchev–Trinajstić information content (AvgIpc) is 2.85. The number of carbonyl (C=O) groups is 2. The van der Waals surface area contributed by atoms with E-state index in [9.17, 15) is 14.7 Å². The lowest BCUT2D eigenvalue weighted by atomic mass is 9.73. The number of ether oxygens (including phenoxy) is 2. The Morgan fingerprint density at radius 3 is 2.74 bits per heavy atom. The molecule has 2 bridgehead atoms. The molecule has 8 heteroatoms. The summed E-state index contributed by atoms with van der Waals surface area (Å²) in [5.41, 5.74) is 1.61. The number of hydrogen-bond acceptors (Lipinski definition) is 6. The molecule has 0 spiro atoms. The molecule has 182 valence electrons. The molecule has 1 aromatic carbocycles. The van der Waals surface area contributed by atoms with E-state index in [1.807, 2.05) is 30.3 Å². The number of aliphatic carboxylic acids is 1. The van der Waals surface area contributed by atoms with Crippen LogP contribution in [0.25, 0.3) is 10.9 Å². The van der Waals surface area contributed by atoms with Crippen LogP contribution in [0.4, 0.5) is 4.79 Å². The number of rotatable bonds is 8. The summed E-state index contributed by atoms with van der Waals surface area (Å²) in [5.74, 6) is 0.222. The lowest BCUT2D eigenvalue weighted by molar-refractivity contribution is -0.140. The highest BCUT2D eigenvalue weighted by Gasteiger charge is 2.44. The van der Waals surface area contributed by atoms with Crippen LogP contribution in [0, 0.1) is 17.8 Å². The summed E-state index contributed by atoms with van der Waals surface area (Å²) in [6.45, 7) is 9.31. The first-order valence-corrected chi connectivity index (χ1v) is 11.8. The van der Waals surface area contributed by atoms with Gasteiger partial charge in [0, 0.05) is 23.7 Å². The summed E-state index contributed by atoms with van der Waals surface area (Å²) in [7, 11) is 1.61. The molecule has 2 unspecified atom stereocenters. The van der Waals surface area contributed by atoms with Gasteiger partial charge in [-0.3, -0.25) is 9.88 Å². The number of alkyl carbamates (subject to hydrolysis) is 1. The smallest absolute Gasteiger partial charge is 0.408 e. The van der Waals surface area contributed by atoms with E-state index in [0.29, 0.717) is 17.6 Å². The number of carbonyl (C=O) groups excluding carboxylic acids is 1. The predicted octanol–water partition coefficient (Wildman–Crippen LogP) is 4.02. The number of piperidine rings is 3. The van der Waals surface area contributed by atoms with Gasteiger partial charge < -0.3 is 19.9 Å². The fourth-order valence-electron chi connectivity index (χ4n) is 5.35. The largest absolute Gasteiger partial charge is 0.497 e. The second-order valence-corrected chi connectivity index (χ2v) is 9.56. The van der Waals surface area contributed by atoms with Crippen molar-refractivity contribution >= 4 is 23.0 Å². The first-order valence-electron chi connectivity index (χ1n) is 11.8. The van der Waals surface area contributed by atoms with Crippen LogP contribution >= 0.6 is 0 Å². The van der Waals surface area contributed by atoms with Crippen molar-refractivity contribution in [1.29, 1.82) is 0 Å². The molecule has 0 aliphatic carbocycles. The minimum absolute atomic E-state index is 0.0279. The number of methoxy groups -OCH3 is 1. The minimum Gasteiger partial charge on any atom is -0.497 e. The Morgan fingerprint density at radius 1 is 1.32 bits per heavy atom. The summed E-state index contributed by atoms with van der Waals surface area (Å²) in [5, 5.41) is 12.9. The molecule has 3 saturated heterocycles. The first kappa shape index (κ1) is 24.0. The Labute approximate surface area is 199 Å². The number of nitrogens with one attached hydrogen (secondary N) is 1. The Kier molecular flexibility index (Phi) is 7.07. The standard InChI is InChI=1S/C26H33N3O5/c1-5-16-14-29-11-9-17(16)12-22(29)24(34-26(32)28-23(15(2)3)25(30)31)19-8-10-27-21-7-6-18(33-4)13-20(19)21/h5-8,10,13,15-17,22-24H,1,9,11-12,14H2,2-4H3,(H,28,32)(H,30,31)/t16-,17+,22-,23?,24+/m1/s1. The lowest BCUT2D eigenvalue weighted by Crippen LogP contribution is -2.56. The maximum absolute atomic E-state index is 13.0. The van der Waals surface area contributed by atoms with Crippen molar-refractivity contribution in [3.05, 3.63) is 48.7 Å². The number of hydrogen-bond donors (Lipinski definition) is 2. The van der Waals surface area contributed by atoms with Crippen LogP contribution in [0.1, 0.15) is 38.4 Å². The molecule has 0 saturated carbocycles. The number of pyridine rings is 1. The monoisotopic (exact) mass is 467 g/mol. The molecule has 6 atom stereocenters. The summed E-state index contributed by atoms with van der Waals surface area (Å²) in [6, 6.07) is 6.46. The molecule has 34 heavy (non-hydrogen) atoms. The molecule has 0 radical (unpaired) electrons. The first-order chi connectivity index (χ1) is 16.3. The average molecular weight is 468 g/mol. The van der Waals surface area contributed by atoms with E-state index in [4.69, 9.17) is 9.47 Å². The van der Waals surface area contributed by atoms with Crippen molar-refractivity contribution < 1.29 is 24.2 Å². The topological polar surface area (TPSA) is 101 Å². The van der Waals surface area contributed by atoms with Crippen LogP contribution in [-0.4, -0.2) is 59.3 Å². The van der Waals surface area contributed by atoms with Crippen LogP contribution in [0.3, 0.4) is 0 Å². The van der Waals surface area contributed by atoms with Crippen LogP contribution < -0.4 is 10.1 Å². The summed E-state index contributed by atoms with van der Waals surface area (Å²) in [4.78, 5) is 31.5. The number of benzene rings is 1. The van der Waals surface area contributed by atoms with Crippen molar-refractivity contribution in [2.45, 2.75) is 44.9 Å². The number of aromatic nitrogens is 1. The molecule has 2 aromatic rings. The van der Waals surface area contributed by atoms with Crippen molar-refractivity contribution in [1.82, 2.24) is 15.2 Å². The van der Waals surface area contributed by atoms with E-state index >= 15 is 0 Å². The maximum atomic E-state index is 13.0. The quantitative estimate of drug-likeness (QED) is 0.566. The van der Waals surface area contributed by atoms with Gasteiger partial charge in [-0.25, -0.2) is 9.59 Å². The highest BCUT2D eigenvalue weighted by Crippen LogP contribution is 2.43. The Bertz CT molecular complexity index is 1070.